The number of rotatable bonds is 1. The Bertz CT molecular complexity index is 314. The number of pyridine rings is 1. The molecule has 0 aliphatic heterocycles. The van der Waals surface area contributed by atoms with E-state index >= 15 is 0 Å². The molecule has 0 unspecified atom stereocenters. The second kappa shape index (κ2) is 3.14. The van der Waals surface area contributed by atoms with Crippen LogP contribution in [0, 0.1) is 0 Å². The molecular formula is C8H9NO2. The number of carbonyl (C=O) groups is 1. The topological polar surface area (TPSA) is 39.1 Å². The first-order chi connectivity index (χ1) is 5.25. The van der Waals surface area contributed by atoms with Gasteiger partial charge in [0.05, 0.1) is 0 Å². The number of hydrogen-bond donors (Lipinski definition) is 0. The third kappa shape index (κ3) is 1.55. The molecule has 0 radical (unpaired) electrons. The van der Waals surface area contributed by atoms with E-state index < -0.39 is 0 Å². The predicted molar refractivity (Wildman–Crippen MR) is 41.6 cm³/mol. The highest BCUT2D eigenvalue weighted by Gasteiger charge is 2.00. The molecule has 0 spiro atoms. The Morgan fingerprint density at radius 3 is 2.82 bits per heavy atom. The number of nitrogens with zero attached hydrogens (tertiary/aromatic N) is 1. The molecule has 58 valence electrons. The summed E-state index contributed by atoms with van der Waals surface area (Å²) in [6.45, 7) is 1.72. The lowest BCUT2D eigenvalue weighted by atomic mass is 10.4. The molecule has 0 N–H and O–H groups in total. The molecule has 0 fully saturated rings. The second-order valence-electron chi connectivity index (χ2n) is 2.16. The maximum Gasteiger partial charge on any atom is 0.257 e. The van der Waals surface area contributed by atoms with Crippen molar-refractivity contribution in [3.05, 3.63) is 34.7 Å². The van der Waals surface area contributed by atoms with Crippen LogP contribution in [0.15, 0.2) is 29.2 Å². The molecule has 3 heteroatoms. The maximum atomic E-state index is 11.0. The predicted octanol–water partition coefficient (Wildman–Crippen LogP) is 0.898. The first-order valence-corrected chi connectivity index (χ1v) is 3.46. The summed E-state index contributed by atoms with van der Waals surface area (Å²) in [7, 11) is 0. The van der Waals surface area contributed by atoms with Crippen LogP contribution in [-0.4, -0.2) is 10.5 Å². The van der Waals surface area contributed by atoms with E-state index in [-0.39, 0.29) is 11.5 Å². The molecule has 0 saturated carbocycles. The van der Waals surface area contributed by atoms with Crippen molar-refractivity contribution in [2.24, 2.45) is 0 Å². The van der Waals surface area contributed by atoms with E-state index in [9.17, 15) is 9.59 Å². The summed E-state index contributed by atoms with van der Waals surface area (Å²) in [6, 6.07) is 4.64. The summed E-state index contributed by atoms with van der Waals surface area (Å²) in [5, 5.41) is 0. The van der Waals surface area contributed by atoms with Crippen LogP contribution in [0.3, 0.4) is 0 Å². The summed E-state index contributed by atoms with van der Waals surface area (Å²) < 4.78 is 1.11. The molecule has 1 rings (SSSR count). The Morgan fingerprint density at radius 1 is 1.55 bits per heavy atom. The van der Waals surface area contributed by atoms with Gasteiger partial charge in [-0.15, -0.1) is 0 Å². The fourth-order valence-electron chi connectivity index (χ4n) is 0.804. The smallest absolute Gasteiger partial charge is 0.257 e. The molecule has 0 bridgehead atoms. The van der Waals surface area contributed by atoms with Crippen molar-refractivity contribution in [2.75, 3.05) is 0 Å². The minimum Gasteiger partial charge on any atom is -0.274 e. The van der Waals surface area contributed by atoms with Gasteiger partial charge in [0.1, 0.15) is 0 Å². The standard InChI is InChI=1S/C8H9NO2/c1-2-7(10)9-6-4-3-5-8(9)11/h3-6H,2H2,1H3. The fourth-order valence-corrected chi connectivity index (χ4v) is 0.804. The molecule has 11 heavy (non-hydrogen) atoms. The maximum absolute atomic E-state index is 11.0. The molecule has 0 aliphatic rings. The largest absolute Gasteiger partial charge is 0.274 e. The summed E-state index contributed by atoms with van der Waals surface area (Å²) >= 11 is 0. The van der Waals surface area contributed by atoms with Gasteiger partial charge in [-0.05, 0) is 6.07 Å². The summed E-state index contributed by atoms with van der Waals surface area (Å²) in [6.07, 6.45) is 1.83. The molecule has 0 atom stereocenters. The van der Waals surface area contributed by atoms with Crippen molar-refractivity contribution in [3.63, 3.8) is 0 Å². The minimum atomic E-state index is -0.264. The van der Waals surface area contributed by atoms with Crippen LogP contribution in [-0.2, 0) is 0 Å². The van der Waals surface area contributed by atoms with Gasteiger partial charge >= 0.3 is 0 Å². The van der Waals surface area contributed by atoms with Crippen molar-refractivity contribution in [3.8, 4) is 0 Å². The van der Waals surface area contributed by atoms with Crippen molar-refractivity contribution in [1.29, 1.82) is 0 Å². The van der Waals surface area contributed by atoms with Crippen LogP contribution in [0.4, 0.5) is 0 Å². The molecule has 1 heterocycles. The van der Waals surface area contributed by atoms with Gasteiger partial charge in [0, 0.05) is 18.7 Å². The Kier molecular flexibility index (Phi) is 2.21. The highest BCUT2D eigenvalue weighted by Crippen LogP contribution is 1.85. The average Bonchev–Trinajstić information content (AvgIpc) is 2.04. The molecule has 0 aliphatic carbocycles. The molecular weight excluding hydrogens is 142 g/mol. The molecule has 3 nitrogen and oxygen atoms in total. The molecule has 0 aromatic carbocycles. The van der Waals surface area contributed by atoms with E-state index in [4.69, 9.17) is 0 Å². The second-order valence-corrected chi connectivity index (χ2v) is 2.16. The van der Waals surface area contributed by atoms with Crippen LogP contribution in [0.1, 0.15) is 18.1 Å². The van der Waals surface area contributed by atoms with E-state index in [1.807, 2.05) is 0 Å². The Hall–Kier alpha value is -1.38. The zero-order valence-corrected chi connectivity index (χ0v) is 6.28. The van der Waals surface area contributed by atoms with Crippen molar-refractivity contribution >= 4 is 5.91 Å². The summed E-state index contributed by atoms with van der Waals surface area (Å²) in [4.78, 5) is 22.0. The minimum absolute atomic E-state index is 0.171. The van der Waals surface area contributed by atoms with Crippen LogP contribution < -0.4 is 5.56 Å². The van der Waals surface area contributed by atoms with E-state index in [0.717, 1.165) is 4.57 Å². The monoisotopic (exact) mass is 151 g/mol. The lowest BCUT2D eigenvalue weighted by Gasteiger charge is -1.98. The zero-order chi connectivity index (χ0) is 8.27. The third-order valence-electron chi connectivity index (χ3n) is 1.39. The molecule has 1 aromatic heterocycles. The normalized spacial score (nSPS) is 9.55. The SMILES string of the molecule is CCC(=O)n1ccccc1=O. The van der Waals surface area contributed by atoms with Crippen LogP contribution in [0.5, 0.6) is 0 Å². The van der Waals surface area contributed by atoms with Crippen molar-refractivity contribution in [1.82, 2.24) is 4.57 Å². The number of aromatic nitrogens is 1. The number of hydrogen-bond acceptors (Lipinski definition) is 2. The lowest BCUT2D eigenvalue weighted by molar-refractivity contribution is 0.0904. The average molecular weight is 151 g/mol. The summed E-state index contributed by atoms with van der Waals surface area (Å²) in [5.41, 5.74) is -0.264. The Morgan fingerprint density at radius 2 is 2.27 bits per heavy atom. The van der Waals surface area contributed by atoms with Gasteiger partial charge in [0.15, 0.2) is 0 Å². The van der Waals surface area contributed by atoms with Crippen LogP contribution >= 0.6 is 0 Å². The quantitative estimate of drug-likeness (QED) is 0.598. The van der Waals surface area contributed by atoms with Gasteiger partial charge in [0.25, 0.3) is 5.56 Å². The van der Waals surface area contributed by atoms with E-state index in [1.54, 1.807) is 19.1 Å². The highest BCUT2D eigenvalue weighted by molar-refractivity contribution is 5.78. The van der Waals surface area contributed by atoms with Crippen LogP contribution in [0.2, 0.25) is 0 Å². The van der Waals surface area contributed by atoms with Gasteiger partial charge in [-0.25, -0.2) is 0 Å². The third-order valence-corrected chi connectivity index (χ3v) is 1.39. The Balaban J connectivity index is 3.14. The molecule has 1 aromatic rings. The van der Waals surface area contributed by atoms with Gasteiger partial charge in [-0.3, -0.25) is 14.2 Å². The first kappa shape index (κ1) is 7.72. The number of carbonyl (C=O) groups excluding carboxylic acids is 1. The fraction of sp³-hybridized carbons (Fsp3) is 0.250. The van der Waals surface area contributed by atoms with Gasteiger partial charge in [0.2, 0.25) is 5.91 Å². The van der Waals surface area contributed by atoms with Crippen molar-refractivity contribution in [2.45, 2.75) is 13.3 Å². The Labute approximate surface area is 64.3 Å². The van der Waals surface area contributed by atoms with Gasteiger partial charge in [-0.1, -0.05) is 13.0 Å². The van der Waals surface area contributed by atoms with Gasteiger partial charge < -0.3 is 0 Å². The first-order valence-electron chi connectivity index (χ1n) is 3.46. The highest BCUT2D eigenvalue weighted by atomic mass is 16.2. The summed E-state index contributed by atoms with van der Waals surface area (Å²) in [5.74, 6) is -0.171. The van der Waals surface area contributed by atoms with E-state index in [2.05, 4.69) is 0 Å². The van der Waals surface area contributed by atoms with E-state index in [0.29, 0.717) is 6.42 Å². The van der Waals surface area contributed by atoms with E-state index in [1.165, 1.54) is 12.3 Å². The zero-order valence-electron chi connectivity index (χ0n) is 6.28. The molecule has 0 amide bonds. The van der Waals surface area contributed by atoms with Gasteiger partial charge in [-0.2, -0.15) is 0 Å². The van der Waals surface area contributed by atoms with Crippen LogP contribution in [0.25, 0.3) is 0 Å². The van der Waals surface area contributed by atoms with Crippen molar-refractivity contribution < 1.29 is 4.79 Å². The molecule has 0 saturated heterocycles. The lowest BCUT2D eigenvalue weighted by Crippen LogP contribution is -2.23.